The van der Waals surface area contributed by atoms with Gasteiger partial charge in [0.05, 0.1) is 6.61 Å². The Morgan fingerprint density at radius 1 is 1.29 bits per heavy atom. The number of rotatable bonds is 4. The van der Waals surface area contributed by atoms with Crippen molar-refractivity contribution < 1.29 is 4.74 Å². The number of nitrogens with zero attached hydrogens (tertiary/aromatic N) is 1. The van der Waals surface area contributed by atoms with Gasteiger partial charge < -0.3 is 15.4 Å². The molecule has 0 spiro atoms. The molecule has 2 atom stereocenters. The first kappa shape index (κ1) is 12.4. The van der Waals surface area contributed by atoms with E-state index >= 15 is 0 Å². The van der Waals surface area contributed by atoms with E-state index in [2.05, 4.69) is 43.1 Å². The van der Waals surface area contributed by atoms with Crippen LogP contribution in [0, 0.1) is 0 Å². The highest BCUT2D eigenvalue weighted by Gasteiger charge is 2.28. The van der Waals surface area contributed by atoms with Gasteiger partial charge in [0, 0.05) is 25.0 Å². The van der Waals surface area contributed by atoms with Crippen molar-refractivity contribution in [2.45, 2.75) is 25.3 Å². The Balaban J connectivity index is 2.02. The lowest BCUT2D eigenvalue weighted by Crippen LogP contribution is -2.27. The molecule has 1 aromatic rings. The van der Waals surface area contributed by atoms with Crippen LogP contribution < -0.4 is 10.5 Å². The molecule has 2 rings (SSSR count). The summed E-state index contributed by atoms with van der Waals surface area (Å²) in [5, 5.41) is 0. The minimum absolute atomic E-state index is 0.252. The summed E-state index contributed by atoms with van der Waals surface area (Å²) < 4.78 is 5.58. The van der Waals surface area contributed by atoms with Gasteiger partial charge in [-0.3, -0.25) is 0 Å². The van der Waals surface area contributed by atoms with Gasteiger partial charge in [-0.15, -0.1) is 0 Å². The molecule has 0 aliphatic carbocycles. The minimum atomic E-state index is 0.252. The molecular formula is C14H22N2O. The van der Waals surface area contributed by atoms with Crippen LogP contribution in [0.5, 0.6) is 5.75 Å². The quantitative estimate of drug-likeness (QED) is 0.864. The lowest BCUT2D eigenvalue weighted by Gasteiger charge is -2.15. The first-order valence-electron chi connectivity index (χ1n) is 6.37. The van der Waals surface area contributed by atoms with E-state index in [1.165, 1.54) is 5.56 Å². The molecule has 3 heteroatoms. The molecule has 17 heavy (non-hydrogen) atoms. The Hall–Kier alpha value is -1.06. The minimum Gasteiger partial charge on any atom is -0.494 e. The summed E-state index contributed by atoms with van der Waals surface area (Å²) in [6, 6.07) is 8.65. The molecule has 2 N–H and O–H groups in total. The predicted molar refractivity (Wildman–Crippen MR) is 70.4 cm³/mol. The average Bonchev–Trinajstić information content (AvgIpc) is 2.66. The molecule has 3 nitrogen and oxygen atoms in total. The fourth-order valence-corrected chi connectivity index (χ4v) is 2.42. The molecule has 0 radical (unpaired) electrons. The van der Waals surface area contributed by atoms with E-state index in [4.69, 9.17) is 10.5 Å². The summed E-state index contributed by atoms with van der Waals surface area (Å²) in [5.41, 5.74) is 7.47. The lowest BCUT2D eigenvalue weighted by molar-refractivity contribution is 0.317. The van der Waals surface area contributed by atoms with Gasteiger partial charge in [0.2, 0.25) is 0 Å². The number of likely N-dealkylation sites (tertiary alicyclic amines) is 1. The third kappa shape index (κ3) is 2.99. The predicted octanol–water partition coefficient (Wildman–Crippen LogP) is 1.83. The summed E-state index contributed by atoms with van der Waals surface area (Å²) in [7, 11) is 2.12. The summed E-state index contributed by atoms with van der Waals surface area (Å²) in [5.74, 6) is 1.41. The zero-order valence-electron chi connectivity index (χ0n) is 10.7. The smallest absolute Gasteiger partial charge is 0.119 e. The fourth-order valence-electron chi connectivity index (χ4n) is 2.42. The van der Waals surface area contributed by atoms with Crippen LogP contribution in [0.25, 0.3) is 0 Å². The molecule has 1 aliphatic rings. The zero-order valence-corrected chi connectivity index (χ0v) is 10.7. The SMILES string of the molecule is CCCOc1ccc([C@@H]2CN(C)C[C@H]2N)cc1. The van der Waals surface area contributed by atoms with Crippen LogP contribution in [-0.2, 0) is 0 Å². The van der Waals surface area contributed by atoms with Gasteiger partial charge in [0.15, 0.2) is 0 Å². The molecule has 1 heterocycles. The summed E-state index contributed by atoms with van der Waals surface area (Å²) >= 11 is 0. The molecule has 0 amide bonds. The topological polar surface area (TPSA) is 38.5 Å². The van der Waals surface area contributed by atoms with Gasteiger partial charge in [0.1, 0.15) is 5.75 Å². The number of ether oxygens (including phenoxy) is 1. The second-order valence-corrected chi connectivity index (χ2v) is 4.91. The third-order valence-electron chi connectivity index (χ3n) is 3.33. The lowest BCUT2D eigenvalue weighted by atomic mass is 9.95. The second kappa shape index (κ2) is 5.52. The van der Waals surface area contributed by atoms with E-state index in [0.717, 1.165) is 31.9 Å². The molecule has 0 aromatic heterocycles. The van der Waals surface area contributed by atoms with E-state index < -0.39 is 0 Å². The largest absolute Gasteiger partial charge is 0.494 e. The number of hydrogen-bond donors (Lipinski definition) is 1. The Labute approximate surface area is 104 Å². The van der Waals surface area contributed by atoms with Crippen molar-refractivity contribution in [1.82, 2.24) is 4.90 Å². The normalized spacial score (nSPS) is 25.1. The van der Waals surface area contributed by atoms with Crippen LogP contribution in [0.3, 0.4) is 0 Å². The van der Waals surface area contributed by atoms with E-state index in [9.17, 15) is 0 Å². The Morgan fingerprint density at radius 2 is 2.00 bits per heavy atom. The molecular weight excluding hydrogens is 212 g/mol. The highest BCUT2D eigenvalue weighted by molar-refractivity contribution is 5.31. The number of likely N-dealkylation sites (N-methyl/N-ethyl adjacent to an activating group) is 1. The molecule has 0 unspecified atom stereocenters. The Kier molecular flexibility index (Phi) is 4.02. The van der Waals surface area contributed by atoms with E-state index in [1.54, 1.807) is 0 Å². The maximum absolute atomic E-state index is 6.15. The second-order valence-electron chi connectivity index (χ2n) is 4.91. The van der Waals surface area contributed by atoms with E-state index in [0.29, 0.717) is 5.92 Å². The van der Waals surface area contributed by atoms with E-state index in [1.807, 2.05) is 0 Å². The van der Waals surface area contributed by atoms with Crippen LogP contribution in [0.4, 0.5) is 0 Å². The molecule has 1 aromatic carbocycles. The van der Waals surface area contributed by atoms with Crippen molar-refractivity contribution in [2.75, 3.05) is 26.7 Å². The molecule has 0 bridgehead atoms. The molecule has 1 fully saturated rings. The van der Waals surface area contributed by atoms with Crippen molar-refractivity contribution in [3.63, 3.8) is 0 Å². The monoisotopic (exact) mass is 234 g/mol. The van der Waals surface area contributed by atoms with Crippen LogP contribution in [0.2, 0.25) is 0 Å². The van der Waals surface area contributed by atoms with Gasteiger partial charge >= 0.3 is 0 Å². The maximum Gasteiger partial charge on any atom is 0.119 e. The standard InChI is InChI=1S/C14H22N2O/c1-3-8-17-12-6-4-11(5-7-12)13-9-16(2)10-14(13)15/h4-7,13-14H,3,8-10,15H2,1-2H3/t13-,14+/m0/s1. The summed E-state index contributed by atoms with van der Waals surface area (Å²) in [4.78, 5) is 2.29. The van der Waals surface area contributed by atoms with Crippen molar-refractivity contribution in [3.05, 3.63) is 29.8 Å². The van der Waals surface area contributed by atoms with Crippen LogP contribution >= 0.6 is 0 Å². The van der Waals surface area contributed by atoms with Crippen LogP contribution in [-0.4, -0.2) is 37.7 Å². The van der Waals surface area contributed by atoms with Gasteiger partial charge in [-0.25, -0.2) is 0 Å². The number of hydrogen-bond acceptors (Lipinski definition) is 3. The highest BCUT2D eigenvalue weighted by Crippen LogP contribution is 2.27. The van der Waals surface area contributed by atoms with Crippen LogP contribution in [0.1, 0.15) is 24.8 Å². The molecule has 0 saturated carbocycles. The van der Waals surface area contributed by atoms with Gasteiger partial charge in [-0.2, -0.15) is 0 Å². The first-order valence-corrected chi connectivity index (χ1v) is 6.37. The maximum atomic E-state index is 6.15. The summed E-state index contributed by atoms with van der Waals surface area (Å²) in [6.07, 6.45) is 1.04. The average molecular weight is 234 g/mol. The molecule has 1 saturated heterocycles. The van der Waals surface area contributed by atoms with Gasteiger partial charge in [0.25, 0.3) is 0 Å². The zero-order chi connectivity index (χ0) is 12.3. The highest BCUT2D eigenvalue weighted by atomic mass is 16.5. The van der Waals surface area contributed by atoms with Crippen molar-refractivity contribution in [3.8, 4) is 5.75 Å². The molecule has 94 valence electrons. The number of benzene rings is 1. The summed E-state index contributed by atoms with van der Waals surface area (Å²) in [6.45, 7) is 4.93. The van der Waals surface area contributed by atoms with Crippen LogP contribution in [0.15, 0.2) is 24.3 Å². The molecule has 1 aliphatic heterocycles. The van der Waals surface area contributed by atoms with Crippen molar-refractivity contribution in [1.29, 1.82) is 0 Å². The van der Waals surface area contributed by atoms with Gasteiger partial charge in [-0.05, 0) is 31.2 Å². The number of nitrogens with two attached hydrogens (primary N) is 1. The Morgan fingerprint density at radius 3 is 2.53 bits per heavy atom. The van der Waals surface area contributed by atoms with Crippen molar-refractivity contribution >= 4 is 0 Å². The third-order valence-corrected chi connectivity index (χ3v) is 3.33. The van der Waals surface area contributed by atoms with Gasteiger partial charge in [-0.1, -0.05) is 19.1 Å². The Bertz CT molecular complexity index is 350. The van der Waals surface area contributed by atoms with Crippen molar-refractivity contribution in [2.24, 2.45) is 5.73 Å². The fraction of sp³-hybridized carbons (Fsp3) is 0.571. The first-order chi connectivity index (χ1) is 8.20. The van der Waals surface area contributed by atoms with E-state index in [-0.39, 0.29) is 6.04 Å².